The van der Waals surface area contributed by atoms with Crippen molar-refractivity contribution in [3.05, 3.63) is 22.1 Å². The van der Waals surface area contributed by atoms with Crippen molar-refractivity contribution in [2.45, 2.75) is 24.2 Å². The zero-order valence-electron chi connectivity index (χ0n) is 11.3. The Morgan fingerprint density at radius 1 is 1.35 bits per heavy atom. The minimum absolute atomic E-state index is 0.202. The van der Waals surface area contributed by atoms with Gasteiger partial charge in [-0.05, 0) is 25.6 Å². The number of aryl methyl sites for hydroxylation is 1. The zero-order valence-corrected chi connectivity index (χ0v) is 12.1. The van der Waals surface area contributed by atoms with Gasteiger partial charge >= 0.3 is 6.01 Å². The Bertz CT molecular complexity index is 660. The Hall–Kier alpha value is -2.16. The molecule has 0 spiro atoms. The van der Waals surface area contributed by atoms with Crippen LogP contribution in [0.5, 0.6) is 6.01 Å². The Morgan fingerprint density at radius 3 is 2.80 bits per heavy atom. The number of rotatable bonds is 5. The van der Waals surface area contributed by atoms with Crippen LogP contribution in [-0.2, 0) is 0 Å². The number of aromatic nitrogens is 5. The third-order valence-corrected chi connectivity index (χ3v) is 2.90. The fourth-order valence-corrected chi connectivity index (χ4v) is 2.17. The van der Waals surface area contributed by atoms with Gasteiger partial charge in [0.2, 0.25) is 11.1 Å². The van der Waals surface area contributed by atoms with Gasteiger partial charge < -0.3 is 15.0 Å². The average Bonchev–Trinajstić information content (AvgIpc) is 2.37. The molecule has 20 heavy (non-hydrogen) atoms. The zero-order chi connectivity index (χ0) is 14.5. The first kappa shape index (κ1) is 14.3. The average molecular weight is 294 g/mol. The fourth-order valence-electron chi connectivity index (χ4n) is 1.40. The molecule has 9 heteroatoms. The highest BCUT2D eigenvalue weighted by Gasteiger charge is 2.09. The molecule has 0 aliphatic rings. The van der Waals surface area contributed by atoms with Crippen LogP contribution in [0.25, 0.3) is 0 Å². The standard InChI is InChI=1S/C11H14N6O2S/c1-4-12-8-15-9(19-3)17-11(16-8)20-10-13-6(2)5-7(18)14-10/h5H,4H2,1-3H3,(H,13,14,18)(H,12,15,16,17). The fraction of sp³-hybridized carbons (Fsp3) is 0.364. The summed E-state index contributed by atoms with van der Waals surface area (Å²) in [6, 6.07) is 1.62. The lowest BCUT2D eigenvalue weighted by atomic mass is 10.5. The van der Waals surface area contributed by atoms with Gasteiger partial charge in [0.25, 0.3) is 5.56 Å². The number of nitrogens with one attached hydrogen (secondary N) is 2. The van der Waals surface area contributed by atoms with Crippen molar-refractivity contribution in [2.24, 2.45) is 0 Å². The van der Waals surface area contributed by atoms with Crippen molar-refractivity contribution >= 4 is 17.7 Å². The van der Waals surface area contributed by atoms with E-state index in [4.69, 9.17) is 4.74 Å². The summed E-state index contributed by atoms with van der Waals surface area (Å²) in [5, 5.41) is 3.80. The molecule has 0 radical (unpaired) electrons. The van der Waals surface area contributed by atoms with E-state index in [-0.39, 0.29) is 11.6 Å². The van der Waals surface area contributed by atoms with Crippen molar-refractivity contribution in [2.75, 3.05) is 19.0 Å². The molecule has 8 nitrogen and oxygen atoms in total. The highest BCUT2D eigenvalue weighted by molar-refractivity contribution is 7.99. The molecule has 2 aromatic heterocycles. The number of hydrogen-bond donors (Lipinski definition) is 2. The van der Waals surface area contributed by atoms with Crippen LogP contribution in [0.2, 0.25) is 0 Å². The first-order valence-corrected chi connectivity index (χ1v) is 6.72. The van der Waals surface area contributed by atoms with Crippen LogP contribution >= 0.6 is 11.8 Å². The largest absolute Gasteiger partial charge is 0.467 e. The van der Waals surface area contributed by atoms with Crippen molar-refractivity contribution in [1.29, 1.82) is 0 Å². The molecule has 0 aliphatic heterocycles. The van der Waals surface area contributed by atoms with Crippen LogP contribution in [0.3, 0.4) is 0 Å². The van der Waals surface area contributed by atoms with Crippen LogP contribution < -0.4 is 15.6 Å². The van der Waals surface area contributed by atoms with Gasteiger partial charge in [-0.2, -0.15) is 15.0 Å². The van der Waals surface area contributed by atoms with Crippen molar-refractivity contribution < 1.29 is 4.74 Å². The predicted octanol–water partition coefficient (Wildman–Crippen LogP) is 0.855. The second-order valence-corrected chi connectivity index (χ2v) is 4.71. The molecule has 0 aromatic carbocycles. The van der Waals surface area contributed by atoms with Gasteiger partial charge in [0.05, 0.1) is 7.11 Å². The smallest absolute Gasteiger partial charge is 0.321 e. The number of ether oxygens (including phenoxy) is 1. The first-order valence-electron chi connectivity index (χ1n) is 5.90. The van der Waals surface area contributed by atoms with E-state index >= 15 is 0 Å². The molecule has 0 bridgehead atoms. The number of methoxy groups -OCH3 is 1. The molecular formula is C11H14N6O2S. The summed E-state index contributed by atoms with van der Waals surface area (Å²) in [4.78, 5) is 30.6. The molecule has 0 saturated heterocycles. The van der Waals surface area contributed by atoms with Crippen molar-refractivity contribution in [3.8, 4) is 6.01 Å². The van der Waals surface area contributed by atoms with E-state index in [2.05, 4.69) is 30.2 Å². The summed E-state index contributed by atoms with van der Waals surface area (Å²) < 4.78 is 5.02. The molecule has 0 aliphatic carbocycles. The van der Waals surface area contributed by atoms with E-state index in [0.29, 0.717) is 28.5 Å². The lowest BCUT2D eigenvalue weighted by Gasteiger charge is -2.06. The minimum Gasteiger partial charge on any atom is -0.467 e. The number of nitrogens with zero attached hydrogens (tertiary/aromatic N) is 4. The number of aromatic amines is 1. The lowest BCUT2D eigenvalue weighted by molar-refractivity contribution is 0.373. The summed E-state index contributed by atoms with van der Waals surface area (Å²) in [6.07, 6.45) is 0. The minimum atomic E-state index is -0.215. The Balaban J connectivity index is 2.31. The van der Waals surface area contributed by atoms with Crippen molar-refractivity contribution in [1.82, 2.24) is 24.9 Å². The molecule has 0 atom stereocenters. The third kappa shape index (κ3) is 3.67. The third-order valence-electron chi connectivity index (χ3n) is 2.15. The topological polar surface area (TPSA) is 106 Å². The monoisotopic (exact) mass is 294 g/mol. The van der Waals surface area contributed by atoms with Gasteiger partial charge in [0.1, 0.15) is 0 Å². The van der Waals surface area contributed by atoms with E-state index in [0.717, 1.165) is 11.8 Å². The molecule has 0 fully saturated rings. The number of H-pyrrole nitrogens is 1. The second-order valence-electron chi connectivity index (χ2n) is 3.75. The molecule has 2 N–H and O–H groups in total. The van der Waals surface area contributed by atoms with Gasteiger partial charge in [-0.15, -0.1) is 0 Å². The summed E-state index contributed by atoms with van der Waals surface area (Å²) in [5.74, 6) is 0.414. The number of hydrogen-bond acceptors (Lipinski definition) is 8. The Kier molecular flexibility index (Phi) is 4.51. The molecule has 0 amide bonds. The van der Waals surface area contributed by atoms with Gasteiger partial charge in [-0.25, -0.2) is 4.98 Å². The van der Waals surface area contributed by atoms with E-state index in [1.807, 2.05) is 6.92 Å². The SMILES string of the molecule is CCNc1nc(OC)nc(Sc2nc(C)cc(=O)[nH]2)n1. The molecular weight excluding hydrogens is 280 g/mol. The van der Waals surface area contributed by atoms with Crippen LogP contribution in [0.4, 0.5) is 5.95 Å². The maximum Gasteiger partial charge on any atom is 0.321 e. The summed E-state index contributed by atoms with van der Waals surface area (Å²) in [6.45, 7) is 4.36. The van der Waals surface area contributed by atoms with Crippen LogP contribution in [0, 0.1) is 6.92 Å². The van der Waals surface area contributed by atoms with E-state index in [9.17, 15) is 4.79 Å². The summed E-state index contributed by atoms with van der Waals surface area (Å²) >= 11 is 1.14. The van der Waals surface area contributed by atoms with Crippen molar-refractivity contribution in [3.63, 3.8) is 0 Å². The summed E-state index contributed by atoms with van der Waals surface area (Å²) in [5.41, 5.74) is 0.414. The number of anilines is 1. The molecule has 0 unspecified atom stereocenters. The van der Waals surface area contributed by atoms with Gasteiger partial charge in [-0.3, -0.25) is 4.79 Å². The first-order chi connectivity index (χ1) is 9.60. The van der Waals surface area contributed by atoms with Crippen LogP contribution in [0.1, 0.15) is 12.6 Å². The molecule has 2 heterocycles. The predicted molar refractivity (Wildman–Crippen MR) is 74.3 cm³/mol. The normalized spacial score (nSPS) is 10.3. The summed E-state index contributed by atoms with van der Waals surface area (Å²) in [7, 11) is 1.48. The Morgan fingerprint density at radius 2 is 2.15 bits per heavy atom. The van der Waals surface area contributed by atoms with Gasteiger partial charge in [-0.1, -0.05) is 0 Å². The van der Waals surface area contributed by atoms with Crippen LogP contribution in [0.15, 0.2) is 21.2 Å². The molecule has 2 rings (SSSR count). The van der Waals surface area contributed by atoms with Gasteiger partial charge in [0, 0.05) is 18.3 Å². The molecule has 2 aromatic rings. The molecule has 0 saturated carbocycles. The van der Waals surface area contributed by atoms with E-state index in [1.54, 1.807) is 6.92 Å². The maximum atomic E-state index is 11.4. The maximum absolute atomic E-state index is 11.4. The Labute approximate surface area is 119 Å². The highest BCUT2D eigenvalue weighted by Crippen LogP contribution is 2.22. The van der Waals surface area contributed by atoms with Gasteiger partial charge in [0.15, 0.2) is 5.16 Å². The van der Waals surface area contributed by atoms with E-state index in [1.165, 1.54) is 13.2 Å². The van der Waals surface area contributed by atoms with E-state index < -0.39 is 0 Å². The van der Waals surface area contributed by atoms with Crippen LogP contribution in [-0.4, -0.2) is 38.6 Å². The lowest BCUT2D eigenvalue weighted by Crippen LogP contribution is -2.09. The second kappa shape index (κ2) is 6.33. The highest BCUT2D eigenvalue weighted by atomic mass is 32.2. The molecule has 106 valence electrons. The quantitative estimate of drug-likeness (QED) is 0.782.